The molecule has 0 radical (unpaired) electrons. The van der Waals surface area contributed by atoms with Gasteiger partial charge in [-0.2, -0.15) is 0 Å². The monoisotopic (exact) mass is 483 g/mol. The van der Waals surface area contributed by atoms with Crippen LogP contribution in [0, 0.1) is 0 Å². The number of rotatable bonds is 2. The van der Waals surface area contributed by atoms with Crippen LogP contribution in [0.4, 0.5) is 0 Å². The first-order valence-electron chi connectivity index (χ1n) is 7.67. The fraction of sp³-hybridized carbons (Fsp3) is 0.294. The molecule has 0 unspecified atom stereocenters. The van der Waals surface area contributed by atoms with Gasteiger partial charge in [-0.1, -0.05) is 0 Å². The van der Waals surface area contributed by atoms with E-state index in [4.69, 9.17) is 32.5 Å². The molecule has 0 spiro atoms. The van der Waals surface area contributed by atoms with Gasteiger partial charge < -0.3 is 0 Å². The average molecular weight is 482 g/mol. The second-order valence-electron chi connectivity index (χ2n) is 6.04. The SMILES string of the molecule is CC(C)O[Te]12Oc3ccc(Cl)cc3CN1Cc1cc(Cl)ccc1O2. The molecule has 0 aliphatic carbocycles. The molecule has 2 aromatic rings. The van der Waals surface area contributed by atoms with Crippen LogP contribution < -0.4 is 6.20 Å². The number of fused-ring (bicyclic) bond motifs is 3. The quantitative estimate of drug-likeness (QED) is 0.585. The molecule has 2 aliphatic heterocycles. The summed E-state index contributed by atoms with van der Waals surface area (Å²) in [6.45, 7) is 5.38. The van der Waals surface area contributed by atoms with Gasteiger partial charge in [-0.15, -0.1) is 0 Å². The predicted molar refractivity (Wildman–Crippen MR) is 95.4 cm³/mol. The Bertz CT molecular complexity index is 742. The van der Waals surface area contributed by atoms with Crippen LogP contribution in [0.5, 0.6) is 11.5 Å². The molecule has 0 atom stereocenters. The van der Waals surface area contributed by atoms with Crippen molar-refractivity contribution in [2.75, 3.05) is 0 Å². The first kappa shape index (κ1) is 16.8. The van der Waals surface area contributed by atoms with Gasteiger partial charge in [-0.25, -0.2) is 0 Å². The van der Waals surface area contributed by atoms with Gasteiger partial charge in [0.1, 0.15) is 0 Å². The van der Waals surface area contributed by atoms with E-state index in [1.807, 2.05) is 50.2 Å². The fourth-order valence-corrected chi connectivity index (χ4v) is 9.76. The Morgan fingerprint density at radius 1 is 0.958 bits per heavy atom. The molecule has 0 bridgehead atoms. The summed E-state index contributed by atoms with van der Waals surface area (Å²) in [4.78, 5) is 0. The van der Waals surface area contributed by atoms with E-state index in [0.29, 0.717) is 23.1 Å². The Morgan fingerprint density at radius 2 is 1.46 bits per heavy atom. The minimum absolute atomic E-state index is 0.0106. The van der Waals surface area contributed by atoms with Crippen LogP contribution in [0.3, 0.4) is 0 Å². The summed E-state index contributed by atoms with van der Waals surface area (Å²) in [5.74, 6) is 1.60. The van der Waals surface area contributed by atoms with Gasteiger partial charge in [0.2, 0.25) is 0 Å². The van der Waals surface area contributed by atoms with Gasteiger partial charge in [-0.05, 0) is 0 Å². The van der Waals surface area contributed by atoms with Gasteiger partial charge in [-0.3, -0.25) is 0 Å². The molecule has 4 rings (SSSR count). The maximum atomic E-state index is 6.36. The zero-order chi connectivity index (χ0) is 16.9. The Hall–Kier alpha value is -0.670. The Labute approximate surface area is 157 Å². The van der Waals surface area contributed by atoms with Gasteiger partial charge in [0, 0.05) is 0 Å². The summed E-state index contributed by atoms with van der Waals surface area (Å²) in [6, 6.07) is 11.3. The number of hydrogen-bond acceptors (Lipinski definition) is 4. The van der Waals surface area contributed by atoms with Crippen LogP contribution >= 0.6 is 23.2 Å². The van der Waals surface area contributed by atoms with Gasteiger partial charge in [0.15, 0.2) is 0 Å². The van der Waals surface area contributed by atoms with Crippen molar-refractivity contribution < 1.29 is 9.30 Å². The van der Waals surface area contributed by atoms with Crippen molar-refractivity contribution in [3.05, 3.63) is 57.6 Å². The summed E-state index contributed by atoms with van der Waals surface area (Å²) in [5, 5.41) is 1.40. The predicted octanol–water partition coefficient (Wildman–Crippen LogP) is 4.64. The molecule has 2 aliphatic rings. The molecule has 4 nitrogen and oxygen atoms in total. The first-order chi connectivity index (χ1) is 11.4. The van der Waals surface area contributed by atoms with Crippen LogP contribution in [-0.4, -0.2) is 28.9 Å². The normalized spacial score (nSPS) is 19.5. The standard InChI is InChI=1S/C17H17Cl2NO3Te/c1-11(2)21-24-20(9-12-7-14(18)3-5-16(12)22-24)10-13-8-15(19)4-6-17(13)23-24/h3-8,11H,9-10H2,1-2H3. The third-order valence-corrected chi connectivity index (χ3v) is 10.8. The van der Waals surface area contributed by atoms with Crippen molar-refractivity contribution in [1.82, 2.24) is 3.15 Å². The molecule has 2 aromatic carbocycles. The fourth-order valence-electron chi connectivity index (χ4n) is 2.79. The van der Waals surface area contributed by atoms with E-state index >= 15 is 0 Å². The number of benzene rings is 2. The molecule has 0 N–H and O–H groups in total. The Morgan fingerprint density at radius 3 is 1.92 bits per heavy atom. The van der Waals surface area contributed by atoms with Crippen LogP contribution in [0.2, 0.25) is 10.0 Å². The molecule has 0 saturated carbocycles. The van der Waals surface area contributed by atoms with Gasteiger partial charge in [0.05, 0.1) is 0 Å². The first-order valence-corrected chi connectivity index (χ1v) is 12.3. The second-order valence-corrected chi connectivity index (χ2v) is 12.3. The van der Waals surface area contributed by atoms with Crippen LogP contribution in [0.15, 0.2) is 36.4 Å². The molecular weight excluding hydrogens is 465 g/mol. The van der Waals surface area contributed by atoms with Gasteiger partial charge in [0.25, 0.3) is 0 Å². The van der Waals surface area contributed by atoms with Crippen LogP contribution in [-0.2, 0) is 16.2 Å². The average Bonchev–Trinajstić information content (AvgIpc) is 2.50. The molecule has 0 fully saturated rings. The molecule has 0 saturated heterocycles. The van der Waals surface area contributed by atoms with Crippen LogP contribution in [0.25, 0.3) is 0 Å². The molecule has 0 aromatic heterocycles. The minimum atomic E-state index is -3.70. The third kappa shape index (κ3) is 2.99. The molecular formula is C17H17Cl2NO3Te. The summed E-state index contributed by atoms with van der Waals surface area (Å²) in [6.07, 6.45) is 0.0106. The van der Waals surface area contributed by atoms with Crippen LogP contribution in [0.1, 0.15) is 25.0 Å². The zero-order valence-corrected chi connectivity index (χ0v) is 17.1. The van der Waals surface area contributed by atoms with Crippen molar-refractivity contribution in [2.24, 2.45) is 0 Å². The summed E-state index contributed by atoms with van der Waals surface area (Å²) in [5.41, 5.74) is 2.09. The van der Waals surface area contributed by atoms with Crippen molar-refractivity contribution in [1.29, 1.82) is 0 Å². The number of nitrogens with zero attached hydrogens (tertiary/aromatic N) is 1. The summed E-state index contributed by atoms with van der Waals surface area (Å²) < 4.78 is 21.2. The van der Waals surface area contributed by atoms with E-state index in [0.717, 1.165) is 22.6 Å². The molecule has 0 amide bonds. The topological polar surface area (TPSA) is 30.9 Å². The Balaban J connectivity index is 1.78. The van der Waals surface area contributed by atoms with E-state index in [9.17, 15) is 0 Å². The second kappa shape index (κ2) is 6.25. The van der Waals surface area contributed by atoms with Crippen molar-refractivity contribution >= 4 is 42.9 Å². The van der Waals surface area contributed by atoms with Crippen molar-refractivity contribution in [3.63, 3.8) is 0 Å². The van der Waals surface area contributed by atoms with Crippen molar-refractivity contribution in [2.45, 2.75) is 33.0 Å². The summed E-state index contributed by atoms with van der Waals surface area (Å²) in [7, 11) is 0. The van der Waals surface area contributed by atoms with E-state index < -0.39 is 19.7 Å². The maximum absolute atomic E-state index is 6.36. The van der Waals surface area contributed by atoms with E-state index in [-0.39, 0.29) is 6.10 Å². The molecule has 2 heterocycles. The van der Waals surface area contributed by atoms with Gasteiger partial charge >= 0.3 is 157 Å². The third-order valence-electron chi connectivity index (χ3n) is 3.76. The van der Waals surface area contributed by atoms with E-state index in [2.05, 4.69) is 3.15 Å². The Kier molecular flexibility index (Phi) is 4.37. The molecule has 128 valence electrons. The summed E-state index contributed by atoms with van der Waals surface area (Å²) >= 11 is 8.56. The number of halogens is 2. The number of hydrogen-bond donors (Lipinski definition) is 0. The van der Waals surface area contributed by atoms with E-state index in [1.54, 1.807) is 0 Å². The zero-order valence-electron chi connectivity index (χ0n) is 13.3. The van der Waals surface area contributed by atoms with E-state index in [1.165, 1.54) is 0 Å². The van der Waals surface area contributed by atoms with Crippen molar-refractivity contribution in [3.8, 4) is 11.5 Å². The molecule has 24 heavy (non-hydrogen) atoms. The molecule has 7 heteroatoms.